The highest BCUT2D eigenvalue weighted by Gasteiger charge is 2.20. The first-order chi connectivity index (χ1) is 12.1. The maximum atomic E-state index is 12.5. The van der Waals surface area contributed by atoms with Crippen LogP contribution in [0.25, 0.3) is 0 Å². The van der Waals surface area contributed by atoms with E-state index in [1.807, 2.05) is 17.8 Å². The standard InChI is InChI=1S/C18H22ClN3O3/c1-3-4-14(18-20-5-6-22(18)2)21-17(23)10-12-9-15-16(11-13(12)19)25-8-7-24-15/h5-6,9,11,14H,3-4,7-8,10H2,1-2H3,(H,21,23)/t14-/m1/s1. The van der Waals surface area contributed by atoms with Gasteiger partial charge in [-0.2, -0.15) is 0 Å². The van der Waals surface area contributed by atoms with Gasteiger partial charge in [0, 0.05) is 30.5 Å². The minimum absolute atomic E-state index is 0.0972. The summed E-state index contributed by atoms with van der Waals surface area (Å²) in [4.78, 5) is 16.9. The number of amides is 1. The zero-order valence-corrected chi connectivity index (χ0v) is 15.2. The van der Waals surface area contributed by atoms with Gasteiger partial charge in [-0.25, -0.2) is 4.98 Å². The minimum Gasteiger partial charge on any atom is -0.486 e. The molecule has 1 aliphatic heterocycles. The summed E-state index contributed by atoms with van der Waals surface area (Å²) in [5, 5.41) is 3.57. The van der Waals surface area contributed by atoms with Crippen LogP contribution < -0.4 is 14.8 Å². The average Bonchev–Trinajstić information content (AvgIpc) is 3.01. The highest BCUT2D eigenvalue weighted by Crippen LogP contribution is 2.35. The number of rotatable bonds is 6. The second-order valence-electron chi connectivity index (χ2n) is 6.07. The van der Waals surface area contributed by atoms with Gasteiger partial charge in [0.05, 0.1) is 12.5 Å². The molecule has 6 nitrogen and oxygen atoms in total. The van der Waals surface area contributed by atoms with Gasteiger partial charge in [-0.1, -0.05) is 24.9 Å². The van der Waals surface area contributed by atoms with E-state index in [1.165, 1.54) is 0 Å². The van der Waals surface area contributed by atoms with E-state index in [9.17, 15) is 4.79 Å². The minimum atomic E-state index is -0.117. The third-order valence-corrected chi connectivity index (χ3v) is 4.50. The van der Waals surface area contributed by atoms with Crippen LogP contribution >= 0.6 is 11.6 Å². The molecule has 134 valence electrons. The largest absolute Gasteiger partial charge is 0.486 e. The van der Waals surface area contributed by atoms with Crippen LogP contribution in [-0.4, -0.2) is 28.7 Å². The summed E-state index contributed by atoms with van der Waals surface area (Å²) in [6.07, 6.45) is 5.57. The van der Waals surface area contributed by atoms with E-state index in [0.29, 0.717) is 29.7 Å². The lowest BCUT2D eigenvalue weighted by Gasteiger charge is -2.21. The molecular weight excluding hydrogens is 342 g/mol. The van der Waals surface area contributed by atoms with E-state index >= 15 is 0 Å². The molecule has 0 bridgehead atoms. The monoisotopic (exact) mass is 363 g/mol. The van der Waals surface area contributed by atoms with Crippen molar-refractivity contribution in [3.8, 4) is 11.5 Å². The zero-order chi connectivity index (χ0) is 17.8. The summed E-state index contributed by atoms with van der Waals surface area (Å²) in [5.74, 6) is 2.01. The van der Waals surface area contributed by atoms with E-state index in [4.69, 9.17) is 21.1 Å². The summed E-state index contributed by atoms with van der Waals surface area (Å²) in [7, 11) is 1.93. The molecule has 25 heavy (non-hydrogen) atoms. The Morgan fingerprint density at radius 1 is 1.36 bits per heavy atom. The van der Waals surface area contributed by atoms with Gasteiger partial charge in [-0.05, 0) is 18.1 Å². The van der Waals surface area contributed by atoms with E-state index in [0.717, 1.165) is 24.2 Å². The molecule has 2 aromatic rings. The molecule has 1 N–H and O–H groups in total. The van der Waals surface area contributed by atoms with Gasteiger partial charge in [-0.15, -0.1) is 0 Å². The molecule has 3 rings (SSSR count). The van der Waals surface area contributed by atoms with Crippen LogP contribution in [0.5, 0.6) is 11.5 Å². The number of nitrogens with one attached hydrogen (secondary N) is 1. The van der Waals surface area contributed by atoms with Crippen molar-refractivity contribution in [1.29, 1.82) is 0 Å². The fourth-order valence-electron chi connectivity index (χ4n) is 2.93. The van der Waals surface area contributed by atoms with E-state index in [1.54, 1.807) is 18.3 Å². The fourth-order valence-corrected chi connectivity index (χ4v) is 3.15. The predicted octanol–water partition coefficient (Wildman–Crippen LogP) is 3.04. The van der Waals surface area contributed by atoms with Crippen molar-refractivity contribution in [2.45, 2.75) is 32.2 Å². The second kappa shape index (κ2) is 7.78. The van der Waals surface area contributed by atoms with Crippen LogP contribution in [0.4, 0.5) is 0 Å². The maximum absolute atomic E-state index is 12.5. The fraction of sp³-hybridized carbons (Fsp3) is 0.444. The number of halogens is 1. The molecule has 1 aromatic heterocycles. The number of fused-ring (bicyclic) bond motifs is 1. The molecule has 2 heterocycles. The van der Waals surface area contributed by atoms with Crippen molar-refractivity contribution in [2.24, 2.45) is 7.05 Å². The van der Waals surface area contributed by atoms with Crippen molar-refractivity contribution < 1.29 is 14.3 Å². The summed E-state index contributed by atoms with van der Waals surface area (Å²) < 4.78 is 13.0. The number of carbonyl (C=O) groups is 1. The van der Waals surface area contributed by atoms with E-state index in [2.05, 4.69) is 17.2 Å². The molecule has 1 atom stereocenters. The smallest absolute Gasteiger partial charge is 0.225 e. The van der Waals surface area contributed by atoms with Gasteiger partial charge in [0.25, 0.3) is 0 Å². The third-order valence-electron chi connectivity index (χ3n) is 4.14. The van der Waals surface area contributed by atoms with Crippen molar-refractivity contribution in [1.82, 2.24) is 14.9 Å². The van der Waals surface area contributed by atoms with Crippen LogP contribution in [0.3, 0.4) is 0 Å². The first-order valence-corrected chi connectivity index (χ1v) is 8.81. The Balaban J connectivity index is 1.72. The molecule has 0 radical (unpaired) electrons. The first-order valence-electron chi connectivity index (χ1n) is 8.43. The number of benzene rings is 1. The van der Waals surface area contributed by atoms with Crippen LogP contribution in [0.1, 0.15) is 37.2 Å². The molecule has 1 aromatic carbocycles. The highest BCUT2D eigenvalue weighted by atomic mass is 35.5. The Labute approximate surface area is 152 Å². The SMILES string of the molecule is CCC[C@@H](NC(=O)Cc1cc2c(cc1Cl)OCCO2)c1nccn1C. The van der Waals surface area contributed by atoms with Gasteiger partial charge in [0.1, 0.15) is 19.0 Å². The summed E-state index contributed by atoms with van der Waals surface area (Å²) in [5.41, 5.74) is 0.721. The maximum Gasteiger partial charge on any atom is 0.225 e. The number of aryl methyl sites for hydroxylation is 1. The highest BCUT2D eigenvalue weighted by molar-refractivity contribution is 6.31. The summed E-state index contributed by atoms with van der Waals surface area (Å²) >= 11 is 6.30. The number of ether oxygens (including phenoxy) is 2. The summed E-state index contributed by atoms with van der Waals surface area (Å²) in [6.45, 7) is 3.09. The molecule has 0 fully saturated rings. The summed E-state index contributed by atoms with van der Waals surface area (Å²) in [6, 6.07) is 3.38. The Kier molecular flexibility index (Phi) is 5.48. The number of nitrogens with zero attached hydrogens (tertiary/aromatic N) is 2. The van der Waals surface area contributed by atoms with Crippen molar-refractivity contribution in [2.75, 3.05) is 13.2 Å². The molecule has 0 saturated carbocycles. The molecule has 0 saturated heterocycles. The predicted molar refractivity (Wildman–Crippen MR) is 95.1 cm³/mol. The van der Waals surface area contributed by atoms with Crippen LogP contribution in [0.15, 0.2) is 24.5 Å². The molecular formula is C18H22ClN3O3. The number of hydrogen-bond donors (Lipinski definition) is 1. The topological polar surface area (TPSA) is 65.4 Å². The van der Waals surface area contributed by atoms with Crippen molar-refractivity contribution >= 4 is 17.5 Å². The van der Waals surface area contributed by atoms with Gasteiger partial charge in [-0.3, -0.25) is 4.79 Å². The second-order valence-corrected chi connectivity index (χ2v) is 6.48. The molecule has 0 spiro atoms. The average molecular weight is 364 g/mol. The lowest BCUT2D eigenvalue weighted by molar-refractivity contribution is -0.121. The Hall–Kier alpha value is -2.21. The number of carbonyl (C=O) groups excluding carboxylic acids is 1. The van der Waals surface area contributed by atoms with Crippen molar-refractivity contribution in [3.05, 3.63) is 40.9 Å². The van der Waals surface area contributed by atoms with Crippen molar-refractivity contribution in [3.63, 3.8) is 0 Å². The zero-order valence-electron chi connectivity index (χ0n) is 14.4. The quantitative estimate of drug-likeness (QED) is 0.856. The first kappa shape index (κ1) is 17.6. The van der Waals surface area contributed by atoms with E-state index < -0.39 is 0 Å². The van der Waals surface area contributed by atoms with Gasteiger partial charge in [0.2, 0.25) is 5.91 Å². The number of imidazole rings is 1. The van der Waals surface area contributed by atoms with Crippen LogP contribution in [0, 0.1) is 0 Å². The Morgan fingerprint density at radius 2 is 2.08 bits per heavy atom. The molecule has 0 aliphatic carbocycles. The van der Waals surface area contributed by atoms with Gasteiger partial charge < -0.3 is 19.4 Å². The van der Waals surface area contributed by atoms with Crippen LogP contribution in [-0.2, 0) is 18.3 Å². The lowest BCUT2D eigenvalue weighted by Crippen LogP contribution is -2.31. The molecule has 7 heteroatoms. The molecule has 1 amide bonds. The Morgan fingerprint density at radius 3 is 2.72 bits per heavy atom. The van der Waals surface area contributed by atoms with Crippen LogP contribution in [0.2, 0.25) is 5.02 Å². The van der Waals surface area contributed by atoms with E-state index in [-0.39, 0.29) is 18.4 Å². The number of hydrogen-bond acceptors (Lipinski definition) is 4. The molecule has 1 aliphatic rings. The van der Waals surface area contributed by atoms with Gasteiger partial charge >= 0.3 is 0 Å². The molecule has 0 unspecified atom stereocenters. The lowest BCUT2D eigenvalue weighted by atomic mass is 10.1. The van der Waals surface area contributed by atoms with Gasteiger partial charge in [0.15, 0.2) is 11.5 Å². The third kappa shape index (κ3) is 4.07. The number of aromatic nitrogens is 2. The normalized spacial score (nSPS) is 14.2. The Bertz CT molecular complexity index is 760.